The molecule has 0 saturated heterocycles. The molecule has 1 N–H and O–H groups in total. The van der Waals surface area contributed by atoms with Gasteiger partial charge in [0.15, 0.2) is 0 Å². The van der Waals surface area contributed by atoms with E-state index in [4.69, 9.17) is 4.42 Å². The average molecular weight is 301 g/mol. The Balaban J connectivity index is 2.34. The second-order valence-electron chi connectivity index (χ2n) is 4.22. The van der Waals surface area contributed by atoms with Crippen molar-refractivity contribution in [3.63, 3.8) is 0 Å². The second kappa shape index (κ2) is 5.62. The number of anilines is 1. The molecule has 4 nitrogen and oxygen atoms in total. The molecule has 0 spiro atoms. The number of sulfone groups is 1. The Kier molecular flexibility index (Phi) is 4.08. The summed E-state index contributed by atoms with van der Waals surface area (Å²) in [6, 6.07) is 7.03. The topological polar surface area (TPSA) is 59.3 Å². The van der Waals surface area contributed by atoms with Crippen LogP contribution in [0.2, 0.25) is 0 Å². The number of benzene rings is 1. The largest absolute Gasteiger partial charge is 0.472 e. The van der Waals surface area contributed by atoms with E-state index in [1.807, 2.05) is 0 Å². The molecule has 7 heteroatoms. The molecule has 0 aliphatic carbocycles. The van der Waals surface area contributed by atoms with Gasteiger partial charge in [-0.2, -0.15) is 8.78 Å². The van der Waals surface area contributed by atoms with E-state index in [1.54, 1.807) is 19.1 Å². The van der Waals surface area contributed by atoms with Crippen LogP contribution in [0, 0.1) is 0 Å². The van der Waals surface area contributed by atoms with Crippen molar-refractivity contribution >= 4 is 15.5 Å². The van der Waals surface area contributed by atoms with Crippen molar-refractivity contribution in [1.29, 1.82) is 0 Å². The predicted octanol–water partition coefficient (Wildman–Crippen LogP) is 3.45. The molecule has 0 fully saturated rings. The summed E-state index contributed by atoms with van der Waals surface area (Å²) in [5.74, 6) is -3.45. The van der Waals surface area contributed by atoms with Gasteiger partial charge in [-0.05, 0) is 25.1 Å². The zero-order valence-electron chi connectivity index (χ0n) is 10.6. The van der Waals surface area contributed by atoms with E-state index >= 15 is 0 Å². The maximum absolute atomic E-state index is 12.7. The van der Waals surface area contributed by atoms with E-state index in [0.717, 1.165) is 11.6 Å². The number of halogens is 2. The quantitative estimate of drug-likeness (QED) is 0.919. The van der Waals surface area contributed by atoms with E-state index in [1.165, 1.54) is 24.7 Å². The highest BCUT2D eigenvalue weighted by Crippen LogP contribution is 2.29. The van der Waals surface area contributed by atoms with Crippen molar-refractivity contribution in [2.75, 3.05) is 5.32 Å². The lowest BCUT2D eigenvalue weighted by molar-refractivity contribution is 0.235. The summed E-state index contributed by atoms with van der Waals surface area (Å²) < 4.78 is 53.5. The van der Waals surface area contributed by atoms with E-state index in [0.29, 0.717) is 0 Å². The van der Waals surface area contributed by atoms with Crippen LogP contribution in [0.25, 0.3) is 0 Å². The zero-order valence-corrected chi connectivity index (χ0v) is 11.4. The molecule has 1 aromatic carbocycles. The lowest BCUT2D eigenvalue weighted by Crippen LogP contribution is -2.15. The van der Waals surface area contributed by atoms with Crippen molar-refractivity contribution in [3.8, 4) is 0 Å². The molecule has 2 aromatic rings. The maximum atomic E-state index is 12.7. The fraction of sp³-hybridized carbons (Fsp3) is 0.231. The van der Waals surface area contributed by atoms with Gasteiger partial charge in [0, 0.05) is 5.56 Å². The number of alkyl halides is 2. The van der Waals surface area contributed by atoms with Gasteiger partial charge < -0.3 is 9.73 Å². The molecule has 1 heterocycles. The van der Waals surface area contributed by atoms with E-state index in [-0.39, 0.29) is 11.7 Å². The van der Waals surface area contributed by atoms with Crippen LogP contribution >= 0.6 is 0 Å². The third kappa shape index (κ3) is 2.82. The third-order valence-corrected chi connectivity index (χ3v) is 4.28. The molecule has 1 aromatic heterocycles. The van der Waals surface area contributed by atoms with Crippen molar-refractivity contribution < 1.29 is 21.6 Å². The average Bonchev–Trinajstić information content (AvgIpc) is 2.93. The highest BCUT2D eigenvalue weighted by atomic mass is 32.2. The summed E-state index contributed by atoms with van der Waals surface area (Å²) in [5.41, 5.74) is 0.927. The van der Waals surface area contributed by atoms with Crippen molar-refractivity contribution in [2.24, 2.45) is 0 Å². The molecular formula is C13H13F2NO3S. The SMILES string of the molecule is CC(Nc1ccccc1S(=O)(=O)C(F)F)c1ccoc1. The summed E-state index contributed by atoms with van der Waals surface area (Å²) in [6.45, 7) is 1.77. The molecule has 108 valence electrons. The van der Waals surface area contributed by atoms with Gasteiger partial charge in [-0.1, -0.05) is 12.1 Å². The summed E-state index contributed by atoms with van der Waals surface area (Å²) >= 11 is 0. The van der Waals surface area contributed by atoms with Crippen LogP contribution in [0.15, 0.2) is 52.2 Å². The standard InChI is InChI=1S/C13H13F2NO3S/c1-9(10-6-7-19-8-10)16-11-4-2-3-5-12(11)20(17,18)13(14)15/h2-9,13,16H,1H3. The Morgan fingerprint density at radius 2 is 1.90 bits per heavy atom. The lowest BCUT2D eigenvalue weighted by atomic mass is 10.1. The van der Waals surface area contributed by atoms with Gasteiger partial charge in [0.2, 0.25) is 9.84 Å². The summed E-state index contributed by atoms with van der Waals surface area (Å²) in [4.78, 5) is -0.412. The van der Waals surface area contributed by atoms with Gasteiger partial charge in [0.25, 0.3) is 0 Å². The second-order valence-corrected chi connectivity index (χ2v) is 6.11. The molecular weight excluding hydrogens is 288 g/mol. The van der Waals surface area contributed by atoms with E-state index in [2.05, 4.69) is 5.32 Å². The molecule has 1 atom stereocenters. The Morgan fingerprint density at radius 1 is 1.20 bits per heavy atom. The van der Waals surface area contributed by atoms with Crippen molar-refractivity contribution in [3.05, 3.63) is 48.4 Å². The Hall–Kier alpha value is -1.89. The molecule has 0 aliphatic rings. The number of hydrogen-bond acceptors (Lipinski definition) is 4. The minimum Gasteiger partial charge on any atom is -0.472 e. The van der Waals surface area contributed by atoms with Crippen LogP contribution in [-0.2, 0) is 9.84 Å². The first-order valence-corrected chi connectivity index (χ1v) is 7.37. The number of rotatable bonds is 5. The lowest BCUT2D eigenvalue weighted by Gasteiger charge is -2.16. The molecule has 0 radical (unpaired) electrons. The first-order valence-electron chi connectivity index (χ1n) is 5.82. The summed E-state index contributed by atoms with van der Waals surface area (Å²) in [5, 5.41) is 2.90. The maximum Gasteiger partial charge on any atom is 0.341 e. The van der Waals surface area contributed by atoms with Crippen LogP contribution in [0.3, 0.4) is 0 Å². The summed E-state index contributed by atoms with van der Waals surface area (Å²) in [7, 11) is -4.64. The van der Waals surface area contributed by atoms with Crippen LogP contribution in [-0.4, -0.2) is 14.2 Å². The Morgan fingerprint density at radius 3 is 2.50 bits per heavy atom. The van der Waals surface area contributed by atoms with Gasteiger partial charge in [-0.25, -0.2) is 8.42 Å². The number of furan rings is 1. The summed E-state index contributed by atoms with van der Waals surface area (Å²) in [6.07, 6.45) is 2.98. The van der Waals surface area contributed by atoms with Gasteiger partial charge in [-0.3, -0.25) is 0 Å². The minimum atomic E-state index is -4.64. The van der Waals surface area contributed by atoms with Crippen LogP contribution < -0.4 is 5.32 Å². The molecule has 2 rings (SSSR count). The normalized spacial score (nSPS) is 13.4. The monoisotopic (exact) mass is 301 g/mol. The number of nitrogens with one attached hydrogen (secondary N) is 1. The van der Waals surface area contributed by atoms with Crippen molar-refractivity contribution in [2.45, 2.75) is 23.6 Å². The Labute approximate surface area is 115 Å². The highest BCUT2D eigenvalue weighted by molar-refractivity contribution is 7.91. The van der Waals surface area contributed by atoms with Gasteiger partial charge in [-0.15, -0.1) is 0 Å². The van der Waals surface area contributed by atoms with Gasteiger partial charge >= 0.3 is 5.76 Å². The highest BCUT2D eigenvalue weighted by Gasteiger charge is 2.29. The van der Waals surface area contributed by atoms with E-state index in [9.17, 15) is 17.2 Å². The molecule has 0 aliphatic heterocycles. The van der Waals surface area contributed by atoms with Crippen LogP contribution in [0.4, 0.5) is 14.5 Å². The first kappa shape index (κ1) is 14.5. The minimum absolute atomic E-state index is 0.140. The Bertz CT molecular complexity index is 669. The molecule has 0 saturated carbocycles. The smallest absolute Gasteiger partial charge is 0.341 e. The van der Waals surface area contributed by atoms with Crippen molar-refractivity contribution in [1.82, 2.24) is 0 Å². The fourth-order valence-electron chi connectivity index (χ4n) is 1.77. The molecule has 20 heavy (non-hydrogen) atoms. The molecule has 0 amide bonds. The predicted molar refractivity (Wildman–Crippen MR) is 70.4 cm³/mol. The third-order valence-electron chi connectivity index (χ3n) is 2.84. The first-order chi connectivity index (χ1) is 9.43. The molecule has 0 bridgehead atoms. The number of hydrogen-bond donors (Lipinski definition) is 1. The van der Waals surface area contributed by atoms with Gasteiger partial charge in [0.1, 0.15) is 0 Å². The fourth-order valence-corrected chi connectivity index (χ4v) is 2.66. The van der Waals surface area contributed by atoms with Gasteiger partial charge in [0.05, 0.1) is 29.2 Å². The zero-order chi connectivity index (χ0) is 14.8. The van der Waals surface area contributed by atoms with Crippen LogP contribution in [0.5, 0.6) is 0 Å². The number of para-hydroxylation sites is 1. The van der Waals surface area contributed by atoms with Crippen LogP contribution in [0.1, 0.15) is 18.5 Å². The molecule has 1 unspecified atom stereocenters. The van der Waals surface area contributed by atoms with E-state index < -0.39 is 20.5 Å².